The highest BCUT2D eigenvalue weighted by Gasteiger charge is 2.29. The fraction of sp³-hybridized carbons (Fsp3) is 0.286. The summed E-state index contributed by atoms with van der Waals surface area (Å²) in [5.41, 5.74) is 1.22. The summed E-state index contributed by atoms with van der Waals surface area (Å²) in [5.74, 6) is -2.89. The minimum Gasteiger partial charge on any atom is -0.381 e. The van der Waals surface area contributed by atoms with E-state index in [-0.39, 0.29) is 22.6 Å². The highest BCUT2D eigenvalue weighted by atomic mass is 32.2. The fourth-order valence-corrected chi connectivity index (χ4v) is 5.91. The van der Waals surface area contributed by atoms with Gasteiger partial charge >= 0.3 is 0 Å². The molecule has 1 N–H and O–H groups in total. The summed E-state index contributed by atoms with van der Waals surface area (Å²) in [5, 5.41) is 4.23. The first-order valence-electron chi connectivity index (χ1n) is 9.68. The molecule has 1 atom stereocenters. The molecule has 4 rings (SSSR count). The number of anilines is 1. The Labute approximate surface area is 182 Å². The Morgan fingerprint density at radius 2 is 1.87 bits per heavy atom. The number of halogens is 3. The third kappa shape index (κ3) is 4.19. The molecular formula is C21H20F3N3O2S2. The summed E-state index contributed by atoms with van der Waals surface area (Å²) in [6, 6.07) is 6.62. The Bertz CT molecular complexity index is 1170. The van der Waals surface area contributed by atoms with Crippen LogP contribution >= 0.6 is 11.3 Å². The van der Waals surface area contributed by atoms with Gasteiger partial charge in [0, 0.05) is 35.4 Å². The van der Waals surface area contributed by atoms with Gasteiger partial charge in [0.2, 0.25) is 14.2 Å². The van der Waals surface area contributed by atoms with Crippen LogP contribution in [-0.2, 0) is 16.4 Å². The normalized spacial score (nSPS) is 15.5. The number of sulfone groups is 1. The first-order chi connectivity index (χ1) is 14.8. The topological polar surface area (TPSA) is 62.3 Å². The zero-order valence-corrected chi connectivity index (χ0v) is 18.2. The van der Waals surface area contributed by atoms with Crippen LogP contribution in [0.15, 0.2) is 51.1 Å². The lowest BCUT2D eigenvalue weighted by Crippen LogP contribution is -2.39. The van der Waals surface area contributed by atoms with Gasteiger partial charge in [-0.05, 0) is 50.2 Å². The van der Waals surface area contributed by atoms with Crippen LogP contribution in [0.5, 0.6) is 0 Å². The molecule has 31 heavy (non-hydrogen) atoms. The molecule has 0 amide bonds. The van der Waals surface area contributed by atoms with Crippen LogP contribution < -0.4 is 5.32 Å². The lowest BCUT2D eigenvalue weighted by molar-refractivity contribution is 0.128. The van der Waals surface area contributed by atoms with Crippen molar-refractivity contribution in [1.82, 2.24) is 9.88 Å². The predicted octanol–water partition coefficient (Wildman–Crippen LogP) is 4.77. The number of aromatic nitrogens is 1. The van der Waals surface area contributed by atoms with Crippen molar-refractivity contribution in [1.29, 1.82) is 0 Å². The van der Waals surface area contributed by atoms with Gasteiger partial charge in [-0.25, -0.2) is 26.6 Å². The lowest BCUT2D eigenvalue weighted by Gasteiger charge is -2.37. The summed E-state index contributed by atoms with van der Waals surface area (Å²) >= 11 is 0.775. The van der Waals surface area contributed by atoms with Crippen LogP contribution in [0.2, 0.25) is 0 Å². The summed E-state index contributed by atoms with van der Waals surface area (Å²) in [7, 11) is -4.41. The molecular weight excluding hydrogens is 447 g/mol. The molecule has 1 aliphatic rings. The largest absolute Gasteiger partial charge is 0.381 e. The maximum Gasteiger partial charge on any atom is 0.239 e. The summed E-state index contributed by atoms with van der Waals surface area (Å²) in [6.45, 7) is 3.87. The highest BCUT2D eigenvalue weighted by molar-refractivity contribution is 7.93. The molecule has 10 heteroatoms. The second-order valence-corrected chi connectivity index (χ2v) is 10.3. The molecule has 2 heterocycles. The van der Waals surface area contributed by atoms with Gasteiger partial charge in [-0.15, -0.1) is 11.3 Å². The summed E-state index contributed by atoms with van der Waals surface area (Å²) in [4.78, 5) is 4.81. The zero-order valence-electron chi connectivity index (χ0n) is 16.6. The van der Waals surface area contributed by atoms with Gasteiger partial charge in [0.05, 0.1) is 0 Å². The summed E-state index contributed by atoms with van der Waals surface area (Å²) in [6.07, 6.45) is 2.35. The second kappa shape index (κ2) is 8.60. The SMILES string of the molecule is C[C@@H](c1cccc(F)c1CNc1cc(F)c(S(=O)(=O)c2nccs2)c(F)c1)N1CCC1. The molecule has 0 saturated carbocycles. The first-order valence-corrected chi connectivity index (χ1v) is 12.0. The molecule has 3 aromatic rings. The average Bonchev–Trinajstić information content (AvgIpc) is 3.20. The fourth-order valence-electron chi connectivity index (χ4n) is 3.62. The van der Waals surface area contributed by atoms with Crippen LogP contribution in [0.25, 0.3) is 0 Å². The van der Waals surface area contributed by atoms with Crippen molar-refractivity contribution in [2.75, 3.05) is 18.4 Å². The molecule has 1 aromatic heterocycles. The molecule has 2 aromatic carbocycles. The maximum absolute atomic E-state index is 14.6. The average molecular weight is 468 g/mol. The smallest absolute Gasteiger partial charge is 0.239 e. The molecule has 1 fully saturated rings. The van der Waals surface area contributed by atoms with E-state index >= 15 is 0 Å². The highest BCUT2D eigenvalue weighted by Crippen LogP contribution is 2.32. The standard InChI is InChI=1S/C21H20F3N3O2S2/c1-13(27-7-3-8-27)15-4-2-5-17(22)16(15)12-26-14-10-18(23)20(19(24)11-14)31(28,29)21-25-6-9-30-21/h2,4-6,9-11,13,26H,3,7-8,12H2,1H3/t13-/m0/s1. The Kier molecular flexibility index (Phi) is 6.05. The van der Waals surface area contributed by atoms with Crippen molar-refractivity contribution in [2.45, 2.75) is 35.2 Å². The van der Waals surface area contributed by atoms with E-state index in [4.69, 9.17) is 0 Å². The quantitative estimate of drug-likeness (QED) is 0.542. The van der Waals surface area contributed by atoms with Gasteiger partial charge in [-0.2, -0.15) is 0 Å². The Hall–Kier alpha value is -2.43. The van der Waals surface area contributed by atoms with Gasteiger partial charge in [-0.3, -0.25) is 4.90 Å². The van der Waals surface area contributed by atoms with Crippen LogP contribution in [-0.4, -0.2) is 31.4 Å². The third-order valence-corrected chi connectivity index (χ3v) is 8.42. The van der Waals surface area contributed by atoms with E-state index in [1.165, 1.54) is 17.6 Å². The van der Waals surface area contributed by atoms with E-state index in [1.54, 1.807) is 6.07 Å². The number of thiazole rings is 1. The Morgan fingerprint density at radius 1 is 1.16 bits per heavy atom. The van der Waals surface area contributed by atoms with Gasteiger partial charge in [-0.1, -0.05) is 12.1 Å². The van der Waals surface area contributed by atoms with Crippen LogP contribution in [0.1, 0.15) is 30.5 Å². The van der Waals surface area contributed by atoms with Crippen molar-refractivity contribution in [3.05, 3.63) is 70.5 Å². The van der Waals surface area contributed by atoms with E-state index in [0.717, 1.165) is 48.5 Å². The zero-order chi connectivity index (χ0) is 22.2. The second-order valence-electron chi connectivity index (χ2n) is 7.30. The molecule has 164 valence electrons. The van der Waals surface area contributed by atoms with E-state index in [9.17, 15) is 21.6 Å². The number of benzene rings is 2. The van der Waals surface area contributed by atoms with Gasteiger partial charge in [0.25, 0.3) is 0 Å². The van der Waals surface area contributed by atoms with Crippen LogP contribution in [0, 0.1) is 17.5 Å². The van der Waals surface area contributed by atoms with E-state index in [1.807, 2.05) is 13.0 Å². The first kappa shape index (κ1) is 21.8. The van der Waals surface area contributed by atoms with E-state index in [2.05, 4.69) is 15.2 Å². The molecule has 0 aliphatic carbocycles. The van der Waals surface area contributed by atoms with Gasteiger partial charge in [0.15, 0.2) is 0 Å². The van der Waals surface area contributed by atoms with Gasteiger partial charge in [0.1, 0.15) is 22.3 Å². The van der Waals surface area contributed by atoms with Crippen molar-refractivity contribution in [3.8, 4) is 0 Å². The predicted molar refractivity (Wildman–Crippen MR) is 112 cm³/mol. The molecule has 1 saturated heterocycles. The minimum absolute atomic E-state index is 0.00234. The number of likely N-dealkylation sites (tertiary alicyclic amines) is 1. The van der Waals surface area contributed by atoms with Crippen LogP contribution in [0.3, 0.4) is 0 Å². The maximum atomic E-state index is 14.6. The van der Waals surface area contributed by atoms with E-state index in [0.29, 0.717) is 5.56 Å². The Balaban J connectivity index is 1.59. The number of nitrogens with zero attached hydrogens (tertiary/aromatic N) is 2. The van der Waals surface area contributed by atoms with E-state index < -0.39 is 32.2 Å². The number of hydrogen-bond donors (Lipinski definition) is 1. The molecule has 0 spiro atoms. The summed E-state index contributed by atoms with van der Waals surface area (Å²) < 4.78 is 68.3. The van der Waals surface area contributed by atoms with Crippen molar-refractivity contribution >= 4 is 26.9 Å². The van der Waals surface area contributed by atoms with Crippen LogP contribution in [0.4, 0.5) is 18.9 Å². The monoisotopic (exact) mass is 467 g/mol. The molecule has 0 bridgehead atoms. The number of hydrogen-bond acceptors (Lipinski definition) is 6. The van der Waals surface area contributed by atoms with Gasteiger partial charge < -0.3 is 5.32 Å². The molecule has 0 unspecified atom stereocenters. The molecule has 5 nitrogen and oxygen atoms in total. The third-order valence-electron chi connectivity index (χ3n) is 5.42. The molecule has 1 aliphatic heterocycles. The van der Waals surface area contributed by atoms with Crippen molar-refractivity contribution < 1.29 is 21.6 Å². The van der Waals surface area contributed by atoms with Crippen molar-refractivity contribution in [3.63, 3.8) is 0 Å². The number of nitrogens with one attached hydrogen (secondary N) is 1. The minimum atomic E-state index is -4.41. The van der Waals surface area contributed by atoms with Crippen molar-refractivity contribution in [2.24, 2.45) is 0 Å². The Morgan fingerprint density at radius 3 is 2.45 bits per heavy atom. The lowest BCUT2D eigenvalue weighted by atomic mass is 9.97. The molecule has 0 radical (unpaired) electrons. The number of rotatable bonds is 7.